The van der Waals surface area contributed by atoms with Crippen molar-refractivity contribution in [2.45, 2.75) is 31.6 Å². The van der Waals surface area contributed by atoms with Crippen LogP contribution in [0.2, 0.25) is 0 Å². The first-order valence-electron chi connectivity index (χ1n) is 10.2. The third-order valence-electron chi connectivity index (χ3n) is 5.74. The lowest BCUT2D eigenvalue weighted by Crippen LogP contribution is -3.14. The fourth-order valence-corrected chi connectivity index (χ4v) is 5.11. The van der Waals surface area contributed by atoms with Gasteiger partial charge in [0, 0.05) is 25.3 Å². The van der Waals surface area contributed by atoms with E-state index in [0.29, 0.717) is 24.9 Å². The number of nitrogens with zero attached hydrogens (tertiary/aromatic N) is 1. The molecule has 4 nitrogen and oxygen atoms in total. The van der Waals surface area contributed by atoms with Crippen LogP contribution in [0, 0.1) is 0 Å². The van der Waals surface area contributed by atoms with Crippen LogP contribution < -0.4 is 10.2 Å². The average molecular weight is 395 g/mol. The van der Waals surface area contributed by atoms with E-state index in [1.165, 1.54) is 20.2 Å². The maximum absolute atomic E-state index is 12.4. The summed E-state index contributed by atoms with van der Waals surface area (Å²) in [5.41, 5.74) is 2.39. The number of para-hydroxylation sites is 1. The van der Waals surface area contributed by atoms with Crippen LogP contribution in [0.5, 0.6) is 0 Å². The molecule has 0 spiro atoms. The van der Waals surface area contributed by atoms with Gasteiger partial charge in [-0.3, -0.25) is 4.79 Å². The first kappa shape index (κ1) is 19.1. The summed E-state index contributed by atoms with van der Waals surface area (Å²) < 4.78 is 1.28. The van der Waals surface area contributed by atoms with Crippen molar-refractivity contribution in [1.29, 1.82) is 0 Å². The largest absolute Gasteiger partial charge is 0.351 e. The number of rotatable bonds is 6. The minimum absolute atomic E-state index is 0.163. The van der Waals surface area contributed by atoms with E-state index in [0.717, 1.165) is 31.4 Å². The molecule has 4 rings (SSSR count). The molecule has 1 saturated heterocycles. The predicted octanol–water partition coefficient (Wildman–Crippen LogP) is 2.98. The Kier molecular flexibility index (Phi) is 6.03. The number of fused-ring (bicyclic) bond motifs is 1. The van der Waals surface area contributed by atoms with Gasteiger partial charge in [0.15, 0.2) is 6.54 Å². The SMILES string of the molecule is C[C@@H](CNC(=O)C[NH+]1CCC(c2nc3ccccc3s2)CC1)c1ccccc1. The molecule has 2 aromatic carbocycles. The number of hydrogen-bond donors (Lipinski definition) is 2. The number of thiazole rings is 1. The van der Waals surface area contributed by atoms with E-state index in [-0.39, 0.29) is 5.91 Å². The van der Waals surface area contributed by atoms with Gasteiger partial charge in [0.1, 0.15) is 0 Å². The van der Waals surface area contributed by atoms with E-state index in [1.807, 2.05) is 29.5 Å². The smallest absolute Gasteiger partial charge is 0.275 e. The van der Waals surface area contributed by atoms with E-state index in [9.17, 15) is 4.79 Å². The topological polar surface area (TPSA) is 46.4 Å². The van der Waals surface area contributed by atoms with Gasteiger partial charge in [0.05, 0.1) is 28.3 Å². The number of nitrogens with one attached hydrogen (secondary N) is 2. The molecule has 1 fully saturated rings. The summed E-state index contributed by atoms with van der Waals surface area (Å²) in [5.74, 6) is 1.04. The first-order chi connectivity index (χ1) is 13.7. The molecule has 1 amide bonds. The molecule has 2 heterocycles. The summed E-state index contributed by atoms with van der Waals surface area (Å²) in [6, 6.07) is 18.7. The second-order valence-corrected chi connectivity index (χ2v) is 8.90. The highest BCUT2D eigenvalue weighted by Crippen LogP contribution is 2.31. The maximum Gasteiger partial charge on any atom is 0.275 e. The van der Waals surface area contributed by atoms with Crippen LogP contribution in [0.15, 0.2) is 54.6 Å². The van der Waals surface area contributed by atoms with Gasteiger partial charge in [-0.1, -0.05) is 49.4 Å². The number of benzene rings is 2. The quantitative estimate of drug-likeness (QED) is 0.675. The number of hydrogen-bond acceptors (Lipinski definition) is 3. The van der Waals surface area contributed by atoms with Crippen LogP contribution in [-0.4, -0.2) is 37.1 Å². The Morgan fingerprint density at radius 3 is 2.61 bits per heavy atom. The van der Waals surface area contributed by atoms with Gasteiger partial charge in [-0.2, -0.15) is 0 Å². The fourth-order valence-electron chi connectivity index (χ4n) is 3.97. The molecule has 1 aromatic heterocycles. The Bertz CT molecular complexity index is 883. The number of aromatic nitrogens is 1. The zero-order valence-electron chi connectivity index (χ0n) is 16.4. The van der Waals surface area contributed by atoms with Crippen molar-refractivity contribution in [3.63, 3.8) is 0 Å². The maximum atomic E-state index is 12.4. The molecule has 5 heteroatoms. The van der Waals surface area contributed by atoms with Gasteiger partial charge >= 0.3 is 0 Å². The molecule has 3 aromatic rings. The summed E-state index contributed by atoms with van der Waals surface area (Å²) in [4.78, 5) is 18.6. The summed E-state index contributed by atoms with van der Waals surface area (Å²) in [7, 11) is 0. The van der Waals surface area contributed by atoms with Crippen molar-refractivity contribution in [3.8, 4) is 0 Å². The number of carbonyl (C=O) groups is 1. The van der Waals surface area contributed by atoms with Crippen LogP contribution in [-0.2, 0) is 4.79 Å². The molecule has 0 unspecified atom stereocenters. The highest BCUT2D eigenvalue weighted by molar-refractivity contribution is 7.18. The number of likely N-dealkylation sites (tertiary alicyclic amines) is 1. The van der Waals surface area contributed by atoms with E-state index in [4.69, 9.17) is 4.98 Å². The van der Waals surface area contributed by atoms with Gasteiger partial charge < -0.3 is 10.2 Å². The van der Waals surface area contributed by atoms with E-state index >= 15 is 0 Å². The molecule has 1 aliphatic rings. The molecule has 0 radical (unpaired) electrons. The molecular formula is C23H28N3OS+. The van der Waals surface area contributed by atoms with Gasteiger partial charge in [-0.15, -0.1) is 11.3 Å². The Hall–Kier alpha value is -2.24. The summed E-state index contributed by atoms with van der Waals surface area (Å²) in [6.07, 6.45) is 2.23. The lowest BCUT2D eigenvalue weighted by molar-refractivity contribution is -0.897. The highest BCUT2D eigenvalue weighted by Gasteiger charge is 2.27. The predicted molar refractivity (Wildman–Crippen MR) is 115 cm³/mol. The molecule has 28 heavy (non-hydrogen) atoms. The molecular weight excluding hydrogens is 366 g/mol. The fraction of sp³-hybridized carbons (Fsp3) is 0.391. The molecule has 0 bridgehead atoms. The second kappa shape index (κ2) is 8.84. The molecule has 1 aliphatic heterocycles. The Labute approximate surface area is 170 Å². The standard InChI is InChI=1S/C23H27N3OS/c1-17(18-7-3-2-4-8-18)15-24-22(27)16-26-13-11-19(12-14-26)23-25-20-9-5-6-10-21(20)28-23/h2-10,17,19H,11-16H2,1H3,(H,24,27)/p+1/t17-/m0/s1. The van der Waals surface area contributed by atoms with Crippen molar-refractivity contribution >= 4 is 27.5 Å². The molecule has 146 valence electrons. The Balaban J connectivity index is 1.23. The van der Waals surface area contributed by atoms with Crippen LogP contribution in [0.3, 0.4) is 0 Å². The van der Waals surface area contributed by atoms with Crippen LogP contribution in [0.25, 0.3) is 10.2 Å². The second-order valence-electron chi connectivity index (χ2n) is 7.84. The van der Waals surface area contributed by atoms with Gasteiger partial charge in [0.2, 0.25) is 0 Å². The van der Waals surface area contributed by atoms with E-state index < -0.39 is 0 Å². The lowest BCUT2D eigenvalue weighted by atomic mass is 9.97. The minimum Gasteiger partial charge on any atom is -0.351 e. The van der Waals surface area contributed by atoms with Crippen molar-refractivity contribution in [1.82, 2.24) is 10.3 Å². The van der Waals surface area contributed by atoms with Crippen LogP contribution in [0.1, 0.15) is 42.2 Å². The zero-order valence-corrected chi connectivity index (χ0v) is 17.2. The van der Waals surface area contributed by atoms with Gasteiger partial charge in [-0.05, 0) is 23.6 Å². The van der Waals surface area contributed by atoms with Crippen molar-refractivity contribution in [2.75, 3.05) is 26.2 Å². The minimum atomic E-state index is 0.163. The average Bonchev–Trinajstić information content (AvgIpc) is 3.17. The third-order valence-corrected chi connectivity index (χ3v) is 6.94. The number of quaternary nitrogens is 1. The Morgan fingerprint density at radius 2 is 1.86 bits per heavy atom. The molecule has 1 atom stereocenters. The van der Waals surface area contributed by atoms with Crippen molar-refractivity contribution in [2.24, 2.45) is 0 Å². The van der Waals surface area contributed by atoms with E-state index in [2.05, 4.69) is 48.6 Å². The van der Waals surface area contributed by atoms with Crippen molar-refractivity contribution in [3.05, 3.63) is 65.2 Å². The number of amides is 1. The van der Waals surface area contributed by atoms with Crippen LogP contribution in [0.4, 0.5) is 0 Å². The molecule has 0 aliphatic carbocycles. The number of carbonyl (C=O) groups excluding carboxylic acids is 1. The summed E-state index contributed by atoms with van der Waals surface area (Å²) in [5, 5.41) is 4.38. The zero-order chi connectivity index (χ0) is 19.3. The third kappa shape index (κ3) is 4.59. The van der Waals surface area contributed by atoms with E-state index in [1.54, 1.807) is 0 Å². The van der Waals surface area contributed by atoms with Gasteiger partial charge in [0.25, 0.3) is 5.91 Å². The summed E-state index contributed by atoms with van der Waals surface area (Å²) >= 11 is 1.83. The molecule has 2 N–H and O–H groups in total. The van der Waals surface area contributed by atoms with Gasteiger partial charge in [-0.25, -0.2) is 4.98 Å². The highest BCUT2D eigenvalue weighted by atomic mass is 32.1. The Morgan fingerprint density at radius 1 is 1.14 bits per heavy atom. The van der Waals surface area contributed by atoms with Crippen LogP contribution >= 0.6 is 11.3 Å². The van der Waals surface area contributed by atoms with Crippen molar-refractivity contribution < 1.29 is 9.69 Å². The lowest BCUT2D eigenvalue weighted by Gasteiger charge is -2.28. The monoisotopic (exact) mass is 394 g/mol. The number of piperidine rings is 1. The molecule has 0 saturated carbocycles. The first-order valence-corrected chi connectivity index (χ1v) is 11.0. The summed E-state index contributed by atoms with van der Waals surface area (Å²) in [6.45, 7) is 5.52. The normalized spacial score (nSPS) is 20.8.